The van der Waals surface area contributed by atoms with Crippen LogP contribution in [0.2, 0.25) is 0 Å². The summed E-state index contributed by atoms with van der Waals surface area (Å²) in [4.78, 5) is 4.04. The van der Waals surface area contributed by atoms with Gasteiger partial charge in [0.1, 0.15) is 0 Å². The van der Waals surface area contributed by atoms with Crippen LogP contribution < -0.4 is 5.32 Å². The summed E-state index contributed by atoms with van der Waals surface area (Å²) in [7, 11) is 1.92. The molecule has 1 N–H and O–H groups in total. The zero-order valence-electron chi connectivity index (χ0n) is 6.86. The van der Waals surface area contributed by atoms with Crippen molar-refractivity contribution in [3.05, 3.63) is 30.4 Å². The lowest BCUT2D eigenvalue weighted by Crippen LogP contribution is -2.04. The zero-order valence-corrected chi connectivity index (χ0v) is 6.86. The first-order valence-corrected chi connectivity index (χ1v) is 3.82. The Labute approximate surface area is 70.2 Å². The van der Waals surface area contributed by atoms with Gasteiger partial charge in [-0.05, 0) is 7.05 Å². The highest BCUT2D eigenvalue weighted by atomic mass is 15.2. The fourth-order valence-corrected chi connectivity index (χ4v) is 1.21. The van der Waals surface area contributed by atoms with Crippen molar-refractivity contribution >= 4 is 5.52 Å². The highest BCUT2D eigenvalue weighted by molar-refractivity contribution is 5.51. The van der Waals surface area contributed by atoms with Gasteiger partial charge in [-0.2, -0.15) is 5.10 Å². The van der Waals surface area contributed by atoms with E-state index in [4.69, 9.17) is 0 Å². The number of fused-ring (bicyclic) bond motifs is 1. The van der Waals surface area contributed by atoms with E-state index in [-0.39, 0.29) is 0 Å². The second kappa shape index (κ2) is 2.91. The Morgan fingerprint density at radius 3 is 3.25 bits per heavy atom. The summed E-state index contributed by atoms with van der Waals surface area (Å²) in [5.41, 5.74) is 2.23. The molecule has 0 saturated carbocycles. The van der Waals surface area contributed by atoms with Gasteiger partial charge in [0.15, 0.2) is 0 Å². The maximum Gasteiger partial charge on any atom is 0.0889 e. The van der Waals surface area contributed by atoms with Gasteiger partial charge >= 0.3 is 0 Å². The van der Waals surface area contributed by atoms with Crippen molar-refractivity contribution < 1.29 is 0 Å². The first kappa shape index (κ1) is 7.24. The third kappa shape index (κ3) is 1.06. The number of nitrogens with one attached hydrogen (secondary N) is 1. The topological polar surface area (TPSA) is 42.2 Å². The van der Waals surface area contributed by atoms with Gasteiger partial charge in [-0.3, -0.25) is 4.98 Å². The Morgan fingerprint density at radius 2 is 2.42 bits per heavy atom. The highest BCUT2D eigenvalue weighted by Crippen LogP contribution is 2.07. The van der Waals surface area contributed by atoms with Gasteiger partial charge in [0, 0.05) is 24.5 Å². The van der Waals surface area contributed by atoms with E-state index < -0.39 is 0 Å². The lowest BCUT2D eigenvalue weighted by molar-refractivity contribution is 0.823. The molecular formula is C8H10N4. The van der Waals surface area contributed by atoms with Crippen LogP contribution in [0.25, 0.3) is 5.52 Å². The fourth-order valence-electron chi connectivity index (χ4n) is 1.21. The fraction of sp³-hybridized carbons (Fsp3) is 0.250. The van der Waals surface area contributed by atoms with E-state index in [0.29, 0.717) is 0 Å². The van der Waals surface area contributed by atoms with Gasteiger partial charge in [0.05, 0.1) is 17.9 Å². The predicted molar refractivity (Wildman–Crippen MR) is 45.8 cm³/mol. The average molecular weight is 162 g/mol. The molecule has 0 unspecified atom stereocenters. The van der Waals surface area contributed by atoms with Crippen LogP contribution in [-0.4, -0.2) is 21.6 Å². The Kier molecular flexibility index (Phi) is 1.75. The number of hydrogen-bond acceptors (Lipinski definition) is 3. The van der Waals surface area contributed by atoms with Gasteiger partial charge in [-0.15, -0.1) is 0 Å². The molecule has 2 aromatic heterocycles. The summed E-state index contributed by atoms with van der Waals surface area (Å²) in [6.45, 7) is 0.829. The van der Waals surface area contributed by atoms with E-state index in [1.165, 1.54) is 5.56 Å². The minimum atomic E-state index is 0.829. The van der Waals surface area contributed by atoms with Crippen molar-refractivity contribution in [2.24, 2.45) is 0 Å². The zero-order chi connectivity index (χ0) is 8.39. The van der Waals surface area contributed by atoms with Gasteiger partial charge in [-0.1, -0.05) is 0 Å². The van der Waals surface area contributed by atoms with Crippen LogP contribution in [0.4, 0.5) is 0 Å². The predicted octanol–water partition coefficient (Wildman–Crippen LogP) is 0.449. The molecule has 62 valence electrons. The maximum atomic E-state index is 4.17. The first-order valence-electron chi connectivity index (χ1n) is 3.82. The van der Waals surface area contributed by atoms with E-state index in [1.807, 2.05) is 30.2 Å². The van der Waals surface area contributed by atoms with Gasteiger partial charge in [0.2, 0.25) is 0 Å². The van der Waals surface area contributed by atoms with Crippen LogP contribution in [-0.2, 0) is 6.54 Å². The maximum absolute atomic E-state index is 4.17. The van der Waals surface area contributed by atoms with Gasteiger partial charge in [-0.25, -0.2) is 4.52 Å². The molecule has 4 nitrogen and oxygen atoms in total. The van der Waals surface area contributed by atoms with E-state index in [2.05, 4.69) is 15.4 Å². The normalized spacial score (nSPS) is 10.8. The summed E-state index contributed by atoms with van der Waals surface area (Å²) < 4.78 is 1.82. The monoisotopic (exact) mass is 162 g/mol. The molecular weight excluding hydrogens is 152 g/mol. The minimum absolute atomic E-state index is 0.829. The SMILES string of the molecule is CNCc1cnn2ccncc12. The van der Waals surface area contributed by atoms with Crippen molar-refractivity contribution in [1.82, 2.24) is 19.9 Å². The van der Waals surface area contributed by atoms with Crippen LogP contribution in [0.3, 0.4) is 0 Å². The molecule has 4 heteroatoms. The Bertz CT molecular complexity index is 379. The smallest absolute Gasteiger partial charge is 0.0889 e. The molecule has 0 saturated heterocycles. The van der Waals surface area contributed by atoms with E-state index in [0.717, 1.165) is 12.1 Å². The van der Waals surface area contributed by atoms with Crippen LogP contribution in [0, 0.1) is 0 Å². The summed E-state index contributed by atoms with van der Waals surface area (Å²) in [5.74, 6) is 0. The number of nitrogens with zero attached hydrogens (tertiary/aromatic N) is 3. The average Bonchev–Trinajstić information content (AvgIpc) is 2.50. The molecule has 0 spiro atoms. The van der Waals surface area contributed by atoms with Crippen LogP contribution in [0.5, 0.6) is 0 Å². The molecule has 0 amide bonds. The van der Waals surface area contributed by atoms with Crippen LogP contribution in [0.1, 0.15) is 5.56 Å². The highest BCUT2D eigenvalue weighted by Gasteiger charge is 2.00. The lowest BCUT2D eigenvalue weighted by atomic mass is 10.3. The Balaban J connectivity index is 2.55. The Hall–Kier alpha value is -1.42. The number of aromatic nitrogens is 3. The first-order chi connectivity index (χ1) is 5.92. The van der Waals surface area contributed by atoms with Crippen LogP contribution >= 0.6 is 0 Å². The van der Waals surface area contributed by atoms with Crippen molar-refractivity contribution in [2.45, 2.75) is 6.54 Å². The van der Waals surface area contributed by atoms with Crippen molar-refractivity contribution in [3.8, 4) is 0 Å². The molecule has 0 aliphatic rings. The third-order valence-corrected chi connectivity index (χ3v) is 1.77. The molecule has 0 bridgehead atoms. The van der Waals surface area contributed by atoms with Gasteiger partial charge < -0.3 is 5.32 Å². The quantitative estimate of drug-likeness (QED) is 0.697. The second-order valence-corrected chi connectivity index (χ2v) is 2.61. The Morgan fingerprint density at radius 1 is 1.50 bits per heavy atom. The molecule has 0 aromatic carbocycles. The standard InChI is InChI=1S/C8H10N4/c1-9-4-7-5-11-12-3-2-10-6-8(7)12/h2-3,5-6,9H,4H2,1H3. The molecule has 0 fully saturated rings. The van der Waals surface area contributed by atoms with E-state index in [1.54, 1.807) is 6.20 Å². The van der Waals surface area contributed by atoms with Crippen molar-refractivity contribution in [2.75, 3.05) is 7.05 Å². The van der Waals surface area contributed by atoms with E-state index in [9.17, 15) is 0 Å². The second-order valence-electron chi connectivity index (χ2n) is 2.61. The molecule has 12 heavy (non-hydrogen) atoms. The van der Waals surface area contributed by atoms with E-state index >= 15 is 0 Å². The molecule has 2 heterocycles. The summed E-state index contributed by atoms with van der Waals surface area (Å²) in [5, 5.41) is 7.26. The summed E-state index contributed by atoms with van der Waals surface area (Å²) in [6.07, 6.45) is 7.24. The minimum Gasteiger partial charge on any atom is -0.316 e. The molecule has 0 aliphatic heterocycles. The largest absolute Gasteiger partial charge is 0.316 e. The molecule has 2 rings (SSSR count). The molecule has 0 radical (unpaired) electrons. The van der Waals surface area contributed by atoms with Crippen LogP contribution in [0.15, 0.2) is 24.8 Å². The summed E-state index contributed by atoms with van der Waals surface area (Å²) in [6, 6.07) is 0. The molecule has 0 atom stereocenters. The molecule has 2 aromatic rings. The molecule has 0 aliphatic carbocycles. The van der Waals surface area contributed by atoms with Gasteiger partial charge in [0.25, 0.3) is 0 Å². The van der Waals surface area contributed by atoms with Crippen molar-refractivity contribution in [3.63, 3.8) is 0 Å². The number of rotatable bonds is 2. The lowest BCUT2D eigenvalue weighted by Gasteiger charge is -1.95. The number of hydrogen-bond donors (Lipinski definition) is 1. The summed E-state index contributed by atoms with van der Waals surface area (Å²) >= 11 is 0. The van der Waals surface area contributed by atoms with Crippen molar-refractivity contribution in [1.29, 1.82) is 0 Å². The third-order valence-electron chi connectivity index (χ3n) is 1.77.